The average Bonchev–Trinajstić information content (AvgIpc) is 2.36. The second kappa shape index (κ2) is 6.84. The van der Waals surface area contributed by atoms with E-state index < -0.39 is 6.04 Å². The number of halogens is 1. The molecule has 1 amide bonds. The standard InChI is InChI=1S/C16H25FN2O/c1-5-6-13(18)15(20)19-14(16(2,3)4)11-7-9-12(17)10-8-11/h7-10,13-14H,5-6,18H2,1-4H3,(H,19,20)/t13-,14?/m1/s1. The number of nitrogens with one attached hydrogen (secondary N) is 1. The molecule has 0 spiro atoms. The summed E-state index contributed by atoms with van der Waals surface area (Å²) in [5.41, 5.74) is 6.55. The van der Waals surface area contributed by atoms with Gasteiger partial charge in [0.05, 0.1) is 12.1 Å². The Bertz CT molecular complexity index is 437. The van der Waals surface area contributed by atoms with Crippen LogP contribution in [0.1, 0.15) is 52.1 Å². The van der Waals surface area contributed by atoms with E-state index in [1.807, 2.05) is 27.7 Å². The SMILES string of the molecule is CCC[C@@H](N)C(=O)NC(c1ccc(F)cc1)C(C)(C)C. The van der Waals surface area contributed by atoms with Gasteiger partial charge in [0, 0.05) is 0 Å². The largest absolute Gasteiger partial charge is 0.347 e. The molecule has 1 aromatic carbocycles. The summed E-state index contributed by atoms with van der Waals surface area (Å²) in [6.07, 6.45) is 1.53. The highest BCUT2D eigenvalue weighted by atomic mass is 19.1. The van der Waals surface area contributed by atoms with Crippen molar-refractivity contribution in [1.29, 1.82) is 0 Å². The number of hydrogen-bond acceptors (Lipinski definition) is 2. The molecular formula is C16H25FN2O. The maximum atomic E-state index is 13.0. The third kappa shape index (κ3) is 4.60. The molecule has 0 bridgehead atoms. The lowest BCUT2D eigenvalue weighted by Gasteiger charge is -2.32. The van der Waals surface area contributed by atoms with E-state index in [4.69, 9.17) is 5.73 Å². The molecule has 4 heteroatoms. The van der Waals surface area contributed by atoms with E-state index >= 15 is 0 Å². The van der Waals surface area contributed by atoms with Crippen LogP contribution in [0.15, 0.2) is 24.3 Å². The Labute approximate surface area is 120 Å². The van der Waals surface area contributed by atoms with Crippen LogP contribution in [0.25, 0.3) is 0 Å². The van der Waals surface area contributed by atoms with Crippen molar-refractivity contribution in [3.63, 3.8) is 0 Å². The number of carbonyl (C=O) groups is 1. The van der Waals surface area contributed by atoms with E-state index in [9.17, 15) is 9.18 Å². The fraction of sp³-hybridized carbons (Fsp3) is 0.562. The minimum atomic E-state index is -0.495. The number of rotatable bonds is 5. The lowest BCUT2D eigenvalue weighted by atomic mass is 9.82. The fourth-order valence-corrected chi connectivity index (χ4v) is 2.15. The van der Waals surface area contributed by atoms with Crippen molar-refractivity contribution in [2.45, 2.75) is 52.6 Å². The molecule has 3 N–H and O–H groups in total. The Balaban J connectivity index is 2.91. The first-order valence-electron chi connectivity index (χ1n) is 7.07. The second-order valence-electron chi connectivity index (χ2n) is 6.25. The summed E-state index contributed by atoms with van der Waals surface area (Å²) in [7, 11) is 0. The van der Waals surface area contributed by atoms with E-state index in [2.05, 4.69) is 5.32 Å². The molecule has 0 radical (unpaired) electrons. The zero-order chi connectivity index (χ0) is 15.3. The van der Waals surface area contributed by atoms with Crippen LogP contribution in [0.4, 0.5) is 4.39 Å². The van der Waals surface area contributed by atoms with Crippen LogP contribution in [0, 0.1) is 11.2 Å². The maximum Gasteiger partial charge on any atom is 0.237 e. The summed E-state index contributed by atoms with van der Waals surface area (Å²) in [6, 6.07) is 5.54. The van der Waals surface area contributed by atoms with Crippen LogP contribution in [0.3, 0.4) is 0 Å². The van der Waals surface area contributed by atoms with Crippen LogP contribution in [-0.4, -0.2) is 11.9 Å². The molecule has 2 atom stereocenters. The van der Waals surface area contributed by atoms with E-state index in [1.54, 1.807) is 12.1 Å². The Morgan fingerprint density at radius 1 is 1.30 bits per heavy atom. The average molecular weight is 280 g/mol. The minimum absolute atomic E-state index is 0.156. The quantitative estimate of drug-likeness (QED) is 0.870. The van der Waals surface area contributed by atoms with Gasteiger partial charge < -0.3 is 11.1 Å². The predicted molar refractivity (Wildman–Crippen MR) is 79.6 cm³/mol. The predicted octanol–water partition coefficient (Wildman–Crippen LogP) is 3.16. The highest BCUT2D eigenvalue weighted by molar-refractivity contribution is 5.81. The highest BCUT2D eigenvalue weighted by Crippen LogP contribution is 2.32. The van der Waals surface area contributed by atoms with Crippen LogP contribution in [0.2, 0.25) is 0 Å². The Morgan fingerprint density at radius 3 is 2.30 bits per heavy atom. The highest BCUT2D eigenvalue weighted by Gasteiger charge is 2.29. The van der Waals surface area contributed by atoms with Crippen molar-refractivity contribution in [2.24, 2.45) is 11.1 Å². The molecule has 0 saturated heterocycles. The van der Waals surface area contributed by atoms with E-state index in [0.717, 1.165) is 12.0 Å². The summed E-state index contributed by atoms with van der Waals surface area (Å²) in [4.78, 5) is 12.1. The van der Waals surface area contributed by atoms with Gasteiger partial charge in [-0.15, -0.1) is 0 Å². The zero-order valence-corrected chi connectivity index (χ0v) is 12.7. The molecule has 1 rings (SSSR count). The molecule has 20 heavy (non-hydrogen) atoms. The number of benzene rings is 1. The first kappa shape index (κ1) is 16.6. The van der Waals surface area contributed by atoms with Crippen LogP contribution < -0.4 is 11.1 Å². The maximum absolute atomic E-state index is 13.0. The lowest BCUT2D eigenvalue weighted by Crippen LogP contribution is -2.45. The summed E-state index contributed by atoms with van der Waals surface area (Å²) in [6.45, 7) is 8.10. The van der Waals surface area contributed by atoms with Crippen molar-refractivity contribution >= 4 is 5.91 Å². The van der Waals surface area contributed by atoms with Gasteiger partial charge >= 0.3 is 0 Å². The van der Waals surface area contributed by atoms with Gasteiger partial charge in [0.25, 0.3) is 0 Å². The summed E-state index contributed by atoms with van der Waals surface area (Å²) < 4.78 is 13.0. The van der Waals surface area contributed by atoms with E-state index in [0.29, 0.717) is 6.42 Å². The summed E-state index contributed by atoms with van der Waals surface area (Å²) >= 11 is 0. The van der Waals surface area contributed by atoms with Gasteiger partial charge in [-0.1, -0.05) is 46.2 Å². The van der Waals surface area contributed by atoms with Crippen molar-refractivity contribution < 1.29 is 9.18 Å². The van der Waals surface area contributed by atoms with Gasteiger partial charge in [0.2, 0.25) is 5.91 Å². The number of hydrogen-bond donors (Lipinski definition) is 2. The third-order valence-corrected chi connectivity index (χ3v) is 3.29. The molecule has 1 unspecified atom stereocenters. The van der Waals surface area contributed by atoms with Crippen molar-refractivity contribution in [1.82, 2.24) is 5.32 Å². The van der Waals surface area contributed by atoms with Crippen LogP contribution in [-0.2, 0) is 4.79 Å². The molecule has 0 aromatic heterocycles. The molecule has 0 aliphatic rings. The topological polar surface area (TPSA) is 55.1 Å². The molecular weight excluding hydrogens is 255 g/mol. The van der Waals surface area contributed by atoms with Crippen molar-refractivity contribution in [3.05, 3.63) is 35.6 Å². The van der Waals surface area contributed by atoms with Crippen LogP contribution in [0.5, 0.6) is 0 Å². The van der Waals surface area contributed by atoms with Gasteiger partial charge in [-0.05, 0) is 29.5 Å². The fourth-order valence-electron chi connectivity index (χ4n) is 2.15. The monoisotopic (exact) mass is 280 g/mol. The third-order valence-electron chi connectivity index (χ3n) is 3.29. The van der Waals surface area contributed by atoms with Gasteiger partial charge in [-0.3, -0.25) is 4.79 Å². The van der Waals surface area contributed by atoms with Crippen LogP contribution >= 0.6 is 0 Å². The molecule has 0 fully saturated rings. The summed E-state index contributed by atoms with van der Waals surface area (Å²) in [5, 5.41) is 2.99. The number of carbonyl (C=O) groups excluding carboxylic acids is 1. The zero-order valence-electron chi connectivity index (χ0n) is 12.7. The van der Waals surface area contributed by atoms with Gasteiger partial charge in [0.1, 0.15) is 5.82 Å². The molecule has 112 valence electrons. The lowest BCUT2D eigenvalue weighted by molar-refractivity contribution is -0.124. The minimum Gasteiger partial charge on any atom is -0.347 e. The smallest absolute Gasteiger partial charge is 0.237 e. The Morgan fingerprint density at radius 2 is 1.85 bits per heavy atom. The normalized spacial score (nSPS) is 14.7. The Hall–Kier alpha value is -1.42. The Kier molecular flexibility index (Phi) is 5.69. The first-order valence-corrected chi connectivity index (χ1v) is 7.07. The number of nitrogens with two attached hydrogens (primary N) is 1. The summed E-state index contributed by atoms with van der Waals surface area (Å²) in [5.74, 6) is -0.438. The molecule has 1 aromatic rings. The van der Waals surface area contributed by atoms with E-state index in [-0.39, 0.29) is 23.2 Å². The van der Waals surface area contributed by atoms with Gasteiger partial charge in [-0.25, -0.2) is 4.39 Å². The number of amides is 1. The van der Waals surface area contributed by atoms with E-state index in [1.165, 1.54) is 12.1 Å². The molecule has 0 heterocycles. The molecule has 3 nitrogen and oxygen atoms in total. The van der Waals surface area contributed by atoms with Gasteiger partial charge in [-0.2, -0.15) is 0 Å². The molecule has 0 aliphatic carbocycles. The first-order chi connectivity index (χ1) is 9.25. The second-order valence-corrected chi connectivity index (χ2v) is 6.25. The van der Waals surface area contributed by atoms with Gasteiger partial charge in [0.15, 0.2) is 0 Å². The molecule has 0 aliphatic heterocycles. The van der Waals surface area contributed by atoms with Crippen molar-refractivity contribution in [3.8, 4) is 0 Å². The molecule has 0 saturated carbocycles. The van der Waals surface area contributed by atoms with Crippen molar-refractivity contribution in [2.75, 3.05) is 0 Å².